The van der Waals surface area contributed by atoms with Crippen molar-refractivity contribution in [3.8, 4) is 0 Å². The Balaban J connectivity index is 2.02. The Morgan fingerprint density at radius 3 is 2.59 bits per heavy atom. The number of fused-ring (bicyclic) bond motifs is 3. The van der Waals surface area contributed by atoms with Gasteiger partial charge < -0.3 is 14.6 Å². The van der Waals surface area contributed by atoms with Crippen molar-refractivity contribution in [2.45, 2.75) is 84.0 Å². The average Bonchev–Trinajstić information content (AvgIpc) is 2.50. The van der Waals surface area contributed by atoms with Gasteiger partial charge in [-0.2, -0.15) is 0 Å². The largest absolute Gasteiger partial charge is 0.465 e. The molecule has 1 heterocycles. The number of aliphatic hydroxyl groups is 1. The Labute approximate surface area is 162 Å². The van der Waals surface area contributed by atoms with E-state index < -0.39 is 22.7 Å². The minimum Gasteiger partial charge on any atom is -0.465 e. The van der Waals surface area contributed by atoms with Crippen LogP contribution in [0.4, 0.5) is 0 Å². The molecule has 7 atom stereocenters. The van der Waals surface area contributed by atoms with Gasteiger partial charge in [-0.3, -0.25) is 9.59 Å². The molecule has 0 spiro atoms. The zero-order valence-electron chi connectivity index (χ0n) is 17.3. The molecule has 0 amide bonds. The molecule has 1 aliphatic heterocycles. The van der Waals surface area contributed by atoms with Crippen LogP contribution in [-0.2, 0) is 19.1 Å². The molecule has 1 saturated heterocycles. The lowest BCUT2D eigenvalue weighted by Gasteiger charge is -2.65. The van der Waals surface area contributed by atoms with Crippen molar-refractivity contribution in [1.29, 1.82) is 0 Å². The van der Waals surface area contributed by atoms with Gasteiger partial charge in [0.25, 0.3) is 0 Å². The number of esters is 1. The fourth-order valence-corrected chi connectivity index (χ4v) is 6.91. The van der Waals surface area contributed by atoms with E-state index in [0.29, 0.717) is 6.42 Å². The first-order valence-corrected chi connectivity index (χ1v) is 10.1. The first-order valence-electron chi connectivity index (χ1n) is 10.1. The Kier molecular flexibility index (Phi) is 4.88. The Morgan fingerprint density at radius 2 is 2.00 bits per heavy atom. The lowest BCUT2D eigenvalue weighted by molar-refractivity contribution is -0.275. The summed E-state index contributed by atoms with van der Waals surface area (Å²) in [5.74, 6) is -0.550. The van der Waals surface area contributed by atoms with E-state index >= 15 is 0 Å². The fourth-order valence-electron chi connectivity index (χ4n) is 6.91. The quantitative estimate of drug-likeness (QED) is 0.602. The molecule has 3 rings (SSSR count). The van der Waals surface area contributed by atoms with Gasteiger partial charge in [0.15, 0.2) is 0 Å². The molecule has 27 heavy (non-hydrogen) atoms. The van der Waals surface area contributed by atoms with Crippen molar-refractivity contribution < 1.29 is 24.2 Å². The summed E-state index contributed by atoms with van der Waals surface area (Å²) in [6.45, 7) is 13.6. The number of hydrogen-bond acceptors (Lipinski definition) is 5. The number of ketones is 1. The van der Waals surface area contributed by atoms with Crippen LogP contribution in [0.3, 0.4) is 0 Å². The lowest BCUT2D eigenvalue weighted by Crippen LogP contribution is -2.69. The van der Waals surface area contributed by atoms with E-state index in [1.54, 1.807) is 6.08 Å². The van der Waals surface area contributed by atoms with Gasteiger partial charge in [0.2, 0.25) is 0 Å². The zero-order valence-corrected chi connectivity index (χ0v) is 17.3. The highest BCUT2D eigenvalue weighted by atomic mass is 16.5. The summed E-state index contributed by atoms with van der Waals surface area (Å²) in [4.78, 5) is 24.8. The average molecular weight is 379 g/mol. The van der Waals surface area contributed by atoms with Gasteiger partial charge >= 0.3 is 5.97 Å². The fraction of sp³-hybridized carbons (Fsp3) is 0.818. The van der Waals surface area contributed by atoms with Crippen LogP contribution in [0.1, 0.15) is 66.7 Å². The van der Waals surface area contributed by atoms with Gasteiger partial charge in [0, 0.05) is 37.0 Å². The first kappa shape index (κ1) is 20.5. The van der Waals surface area contributed by atoms with Crippen LogP contribution in [0, 0.1) is 22.7 Å². The molecule has 152 valence electrons. The molecule has 3 unspecified atom stereocenters. The summed E-state index contributed by atoms with van der Waals surface area (Å²) in [7, 11) is 0. The molecule has 0 aromatic rings. The third-order valence-electron chi connectivity index (χ3n) is 7.54. The van der Waals surface area contributed by atoms with Gasteiger partial charge in [-0.05, 0) is 32.1 Å². The van der Waals surface area contributed by atoms with Crippen molar-refractivity contribution in [3.05, 3.63) is 12.7 Å². The number of Topliss-reactive ketones (excluding diaryl/α,β-unsaturated/α-hetero) is 1. The number of hydrogen-bond donors (Lipinski definition) is 1. The van der Waals surface area contributed by atoms with Gasteiger partial charge in [-0.25, -0.2) is 0 Å². The molecule has 3 fully saturated rings. The van der Waals surface area contributed by atoms with Crippen molar-refractivity contribution >= 4 is 11.8 Å². The number of rotatable bonds is 3. The van der Waals surface area contributed by atoms with Crippen molar-refractivity contribution in [2.24, 2.45) is 22.7 Å². The molecule has 2 aliphatic carbocycles. The molecule has 5 nitrogen and oxygen atoms in total. The zero-order chi connectivity index (χ0) is 20.3. The van der Waals surface area contributed by atoms with Crippen molar-refractivity contribution in [2.75, 3.05) is 6.61 Å². The van der Waals surface area contributed by atoms with Gasteiger partial charge in [0.05, 0.1) is 23.9 Å². The van der Waals surface area contributed by atoms with Crippen molar-refractivity contribution in [1.82, 2.24) is 0 Å². The van der Waals surface area contributed by atoms with E-state index in [-0.39, 0.29) is 42.0 Å². The topological polar surface area (TPSA) is 72.8 Å². The molecule has 0 radical (unpaired) electrons. The Hall–Kier alpha value is -1.20. The molecule has 1 N–H and O–H groups in total. The second-order valence-electron chi connectivity index (χ2n) is 10.1. The highest BCUT2D eigenvalue weighted by Gasteiger charge is 2.67. The maximum absolute atomic E-state index is 13.4. The summed E-state index contributed by atoms with van der Waals surface area (Å²) in [6.07, 6.45) is 4.57. The minimum absolute atomic E-state index is 0.141. The monoisotopic (exact) mass is 378 g/mol. The van der Waals surface area contributed by atoms with Crippen LogP contribution in [0.25, 0.3) is 0 Å². The van der Waals surface area contributed by atoms with Gasteiger partial charge in [0.1, 0.15) is 5.78 Å². The summed E-state index contributed by atoms with van der Waals surface area (Å²) in [5.41, 5.74) is -2.15. The lowest BCUT2D eigenvalue weighted by atomic mass is 9.43. The molecule has 3 aliphatic rings. The maximum Gasteiger partial charge on any atom is 0.302 e. The van der Waals surface area contributed by atoms with Gasteiger partial charge in [-0.15, -0.1) is 6.58 Å². The normalized spacial score (nSPS) is 49.7. The molecular formula is C22H34O5. The predicted octanol–water partition coefficient (Wildman–Crippen LogP) is 3.44. The third-order valence-corrected chi connectivity index (χ3v) is 7.54. The molecule has 5 heteroatoms. The number of carbonyl (C=O) groups is 2. The second-order valence-corrected chi connectivity index (χ2v) is 10.1. The predicted molar refractivity (Wildman–Crippen MR) is 102 cm³/mol. The Bertz CT molecular complexity index is 659. The molecule has 0 bridgehead atoms. The van der Waals surface area contributed by atoms with Crippen LogP contribution < -0.4 is 0 Å². The number of carbonyl (C=O) groups excluding carboxylic acids is 2. The van der Waals surface area contributed by atoms with E-state index in [0.717, 1.165) is 19.3 Å². The van der Waals surface area contributed by atoms with Crippen molar-refractivity contribution in [3.63, 3.8) is 0 Å². The number of ether oxygens (including phenoxy) is 2. The van der Waals surface area contributed by atoms with E-state index in [2.05, 4.69) is 20.4 Å². The highest BCUT2D eigenvalue weighted by Crippen LogP contribution is 2.64. The molecule has 0 aromatic carbocycles. The van der Waals surface area contributed by atoms with Crippen LogP contribution >= 0.6 is 0 Å². The third kappa shape index (κ3) is 3.17. The second kappa shape index (κ2) is 6.41. The van der Waals surface area contributed by atoms with Crippen LogP contribution in [0.5, 0.6) is 0 Å². The minimum atomic E-state index is -0.720. The Morgan fingerprint density at radius 1 is 1.33 bits per heavy atom. The standard InChI is InChI=1S/C22H34O5/c1-7-20(4)11-15(24)18-21(5)10-8-9-19(3,13-26-14(2)23)17(21)16(25)12-22(18,6)27-20/h7,15,17-18,24H,1,8-13H2,2-6H3/t15-,17?,18?,19?,20+,21+,22-/m0/s1. The molecule has 0 aromatic heterocycles. The molecule has 2 saturated carbocycles. The number of aliphatic hydroxyl groups excluding tert-OH is 1. The summed E-state index contributed by atoms with van der Waals surface area (Å²) < 4.78 is 11.8. The van der Waals surface area contributed by atoms with Gasteiger partial charge in [-0.1, -0.05) is 26.3 Å². The van der Waals surface area contributed by atoms with E-state index in [1.807, 2.05) is 13.8 Å². The van der Waals surface area contributed by atoms with E-state index in [9.17, 15) is 14.7 Å². The van der Waals surface area contributed by atoms with Crippen LogP contribution in [0.2, 0.25) is 0 Å². The SMILES string of the molecule is C=C[C@]1(C)C[C@H](O)C2[C@]3(C)CCCC(C)(COC(C)=O)C3C(=O)C[C@]2(C)O1. The molecular weight excluding hydrogens is 344 g/mol. The van der Waals surface area contributed by atoms with Crippen LogP contribution in [-0.4, -0.2) is 40.8 Å². The summed E-state index contributed by atoms with van der Waals surface area (Å²) in [5, 5.41) is 11.2. The smallest absolute Gasteiger partial charge is 0.302 e. The highest BCUT2D eigenvalue weighted by molar-refractivity contribution is 5.85. The van der Waals surface area contributed by atoms with E-state index in [1.165, 1.54) is 6.92 Å². The summed E-state index contributed by atoms with van der Waals surface area (Å²) >= 11 is 0. The van der Waals surface area contributed by atoms with Crippen LogP contribution in [0.15, 0.2) is 12.7 Å². The maximum atomic E-state index is 13.4. The summed E-state index contributed by atoms with van der Waals surface area (Å²) in [6, 6.07) is 0. The first-order chi connectivity index (χ1) is 12.4. The van der Waals surface area contributed by atoms with E-state index in [4.69, 9.17) is 9.47 Å².